The third-order valence-electron chi connectivity index (χ3n) is 4.42. The van der Waals surface area contributed by atoms with Crippen molar-refractivity contribution >= 4 is 5.91 Å². The molecule has 4 heteroatoms. The molecular weight excluding hydrogens is 298 g/mol. The molecule has 0 aliphatic heterocycles. The zero-order valence-corrected chi connectivity index (χ0v) is 15.6. The summed E-state index contributed by atoms with van der Waals surface area (Å²) in [6.07, 6.45) is 2.71. The Morgan fingerprint density at radius 2 is 1.79 bits per heavy atom. The van der Waals surface area contributed by atoms with Crippen LogP contribution >= 0.6 is 0 Å². The molecule has 1 amide bonds. The quantitative estimate of drug-likeness (QED) is 0.870. The number of carbonyl (C=O) groups excluding carboxylic acids is 1. The summed E-state index contributed by atoms with van der Waals surface area (Å²) in [6.45, 7) is 10.6. The van der Waals surface area contributed by atoms with E-state index in [1.807, 2.05) is 14.0 Å². The fraction of sp³-hybridized carbons (Fsp3) is 0.500. The molecule has 0 aliphatic carbocycles. The van der Waals surface area contributed by atoms with Crippen LogP contribution in [0.15, 0.2) is 30.5 Å². The fourth-order valence-electron chi connectivity index (χ4n) is 2.91. The molecule has 4 nitrogen and oxygen atoms in total. The van der Waals surface area contributed by atoms with Gasteiger partial charge in [-0.2, -0.15) is 5.10 Å². The van der Waals surface area contributed by atoms with E-state index < -0.39 is 0 Å². The Morgan fingerprint density at radius 1 is 1.17 bits per heavy atom. The van der Waals surface area contributed by atoms with E-state index in [2.05, 4.69) is 62.4 Å². The Morgan fingerprint density at radius 3 is 2.25 bits per heavy atom. The molecule has 1 heterocycles. The van der Waals surface area contributed by atoms with Crippen molar-refractivity contribution in [2.24, 2.45) is 18.9 Å². The Balaban J connectivity index is 2.17. The normalized spacial score (nSPS) is 12.7. The maximum absolute atomic E-state index is 12.6. The number of aromatic nitrogens is 2. The van der Waals surface area contributed by atoms with Gasteiger partial charge in [0.25, 0.3) is 5.91 Å². The molecule has 0 saturated carbocycles. The highest BCUT2D eigenvalue weighted by molar-refractivity contribution is 5.95. The lowest BCUT2D eigenvalue weighted by Crippen LogP contribution is -2.32. The summed E-state index contributed by atoms with van der Waals surface area (Å²) in [7, 11) is 1.85. The number of hydrogen-bond donors (Lipinski definition) is 1. The lowest BCUT2D eigenvalue weighted by molar-refractivity contribution is 0.0925. The molecule has 2 aromatic rings. The summed E-state index contributed by atoms with van der Waals surface area (Å²) < 4.78 is 1.72. The SMILES string of the molecule is Cc1c(C(=O)N[C@H](c2ccc(CC(C)C)cc2)C(C)C)cnn1C. The molecule has 130 valence electrons. The number of amides is 1. The highest BCUT2D eigenvalue weighted by Crippen LogP contribution is 2.23. The predicted molar refractivity (Wildman–Crippen MR) is 98.0 cm³/mol. The Kier molecular flexibility index (Phi) is 5.81. The minimum atomic E-state index is -0.0643. The second kappa shape index (κ2) is 7.65. The van der Waals surface area contributed by atoms with E-state index in [9.17, 15) is 4.79 Å². The molecule has 0 unspecified atom stereocenters. The van der Waals surface area contributed by atoms with E-state index in [0.29, 0.717) is 17.4 Å². The van der Waals surface area contributed by atoms with Crippen molar-refractivity contribution < 1.29 is 4.79 Å². The summed E-state index contributed by atoms with van der Waals surface area (Å²) in [5, 5.41) is 7.33. The van der Waals surface area contributed by atoms with Gasteiger partial charge < -0.3 is 5.32 Å². The molecule has 1 N–H and O–H groups in total. The summed E-state index contributed by atoms with van der Waals surface area (Å²) >= 11 is 0. The average molecular weight is 327 g/mol. The first-order valence-corrected chi connectivity index (χ1v) is 8.68. The van der Waals surface area contributed by atoms with E-state index in [1.54, 1.807) is 10.9 Å². The smallest absolute Gasteiger partial charge is 0.255 e. The maximum Gasteiger partial charge on any atom is 0.255 e. The fourth-order valence-corrected chi connectivity index (χ4v) is 2.91. The Hall–Kier alpha value is -2.10. The van der Waals surface area contributed by atoms with Crippen molar-refractivity contribution in [3.05, 3.63) is 52.8 Å². The molecule has 0 spiro atoms. The zero-order chi connectivity index (χ0) is 17.9. The van der Waals surface area contributed by atoms with Gasteiger partial charge in [0.05, 0.1) is 17.8 Å². The van der Waals surface area contributed by atoms with Crippen molar-refractivity contribution in [3.8, 4) is 0 Å². The number of carbonyl (C=O) groups is 1. The second-order valence-electron chi connectivity index (χ2n) is 7.30. The van der Waals surface area contributed by atoms with Crippen molar-refractivity contribution in [2.75, 3.05) is 0 Å². The molecule has 1 aromatic heterocycles. The largest absolute Gasteiger partial charge is 0.345 e. The molecular formula is C20H29N3O. The first-order valence-electron chi connectivity index (χ1n) is 8.68. The van der Waals surface area contributed by atoms with Gasteiger partial charge in [-0.25, -0.2) is 0 Å². The van der Waals surface area contributed by atoms with Gasteiger partial charge in [0, 0.05) is 12.7 Å². The molecule has 2 rings (SSSR count). The van der Waals surface area contributed by atoms with Gasteiger partial charge in [0.15, 0.2) is 0 Å². The maximum atomic E-state index is 12.6. The van der Waals surface area contributed by atoms with Crippen molar-refractivity contribution in [1.82, 2.24) is 15.1 Å². The van der Waals surface area contributed by atoms with Gasteiger partial charge in [-0.3, -0.25) is 9.48 Å². The lowest BCUT2D eigenvalue weighted by Gasteiger charge is -2.23. The zero-order valence-electron chi connectivity index (χ0n) is 15.6. The van der Waals surface area contributed by atoms with Gasteiger partial charge in [-0.05, 0) is 36.3 Å². The highest BCUT2D eigenvalue weighted by Gasteiger charge is 2.21. The molecule has 0 bridgehead atoms. The predicted octanol–water partition coefficient (Wildman–Crippen LogP) is 4.05. The molecule has 0 fully saturated rings. The number of nitrogens with zero attached hydrogens (tertiary/aromatic N) is 2. The summed E-state index contributed by atoms with van der Waals surface area (Å²) in [5.74, 6) is 0.887. The van der Waals surface area contributed by atoms with E-state index >= 15 is 0 Å². The number of benzene rings is 1. The van der Waals surface area contributed by atoms with Crippen molar-refractivity contribution in [1.29, 1.82) is 0 Å². The summed E-state index contributed by atoms with van der Waals surface area (Å²) in [5.41, 5.74) is 4.00. The van der Waals surface area contributed by atoms with Crippen molar-refractivity contribution in [2.45, 2.75) is 47.1 Å². The van der Waals surface area contributed by atoms with Gasteiger partial charge >= 0.3 is 0 Å². The van der Waals surface area contributed by atoms with Crippen LogP contribution in [0.1, 0.15) is 60.9 Å². The number of nitrogens with one attached hydrogen (secondary N) is 1. The average Bonchev–Trinajstić information content (AvgIpc) is 2.84. The van der Waals surface area contributed by atoms with Crippen LogP contribution in [0, 0.1) is 18.8 Å². The van der Waals surface area contributed by atoms with Crippen LogP contribution in [-0.2, 0) is 13.5 Å². The number of aryl methyl sites for hydroxylation is 1. The molecule has 1 aromatic carbocycles. The van der Waals surface area contributed by atoms with E-state index in [1.165, 1.54) is 5.56 Å². The molecule has 24 heavy (non-hydrogen) atoms. The standard InChI is InChI=1S/C20H29N3O/c1-13(2)11-16-7-9-17(10-8-16)19(14(3)4)22-20(24)18-12-21-23(6)15(18)5/h7-10,12-14,19H,11H2,1-6H3,(H,22,24)/t19-/m0/s1. The van der Waals surface area contributed by atoms with Crippen LogP contribution in [0.2, 0.25) is 0 Å². The van der Waals surface area contributed by atoms with Crippen LogP contribution in [0.4, 0.5) is 0 Å². The van der Waals surface area contributed by atoms with Gasteiger partial charge in [-0.15, -0.1) is 0 Å². The Bertz CT molecular complexity index is 683. The summed E-state index contributed by atoms with van der Waals surface area (Å²) in [6, 6.07) is 8.61. The molecule has 1 atom stereocenters. The highest BCUT2D eigenvalue weighted by atomic mass is 16.1. The van der Waals surface area contributed by atoms with Crippen LogP contribution < -0.4 is 5.32 Å². The minimum Gasteiger partial charge on any atom is -0.345 e. The van der Waals surface area contributed by atoms with Crippen molar-refractivity contribution in [3.63, 3.8) is 0 Å². The number of rotatable bonds is 6. The monoisotopic (exact) mass is 327 g/mol. The summed E-state index contributed by atoms with van der Waals surface area (Å²) in [4.78, 5) is 12.6. The topological polar surface area (TPSA) is 46.9 Å². The van der Waals surface area contributed by atoms with Crippen LogP contribution in [0.25, 0.3) is 0 Å². The van der Waals surface area contributed by atoms with Crippen LogP contribution in [0.3, 0.4) is 0 Å². The molecule has 0 radical (unpaired) electrons. The van der Waals surface area contributed by atoms with Gasteiger partial charge in [-0.1, -0.05) is 52.0 Å². The number of hydrogen-bond acceptors (Lipinski definition) is 2. The van der Waals surface area contributed by atoms with E-state index in [4.69, 9.17) is 0 Å². The second-order valence-corrected chi connectivity index (χ2v) is 7.30. The molecule has 0 saturated heterocycles. The van der Waals surface area contributed by atoms with E-state index in [0.717, 1.165) is 17.7 Å². The van der Waals surface area contributed by atoms with Gasteiger partial charge in [0.1, 0.15) is 0 Å². The van der Waals surface area contributed by atoms with Gasteiger partial charge in [0.2, 0.25) is 0 Å². The third kappa shape index (κ3) is 4.25. The molecule has 0 aliphatic rings. The minimum absolute atomic E-state index is 0.00907. The lowest BCUT2D eigenvalue weighted by atomic mass is 9.93. The first kappa shape index (κ1) is 18.2. The van der Waals surface area contributed by atoms with E-state index in [-0.39, 0.29) is 11.9 Å². The first-order chi connectivity index (χ1) is 11.3. The van der Waals surface area contributed by atoms with Crippen LogP contribution in [0.5, 0.6) is 0 Å². The Labute approximate surface area is 145 Å². The van der Waals surface area contributed by atoms with Crippen LogP contribution in [-0.4, -0.2) is 15.7 Å². The third-order valence-corrected chi connectivity index (χ3v) is 4.42.